The zero-order valence-electron chi connectivity index (χ0n) is 22.4. The van der Waals surface area contributed by atoms with Gasteiger partial charge in [0.25, 0.3) is 0 Å². The van der Waals surface area contributed by atoms with Gasteiger partial charge in [0, 0.05) is 11.9 Å². The molecule has 1 amide bonds. The van der Waals surface area contributed by atoms with Crippen LogP contribution >= 0.6 is 11.8 Å². The summed E-state index contributed by atoms with van der Waals surface area (Å²) in [6, 6.07) is 22.7. The molecule has 1 aromatic heterocycles. The highest BCUT2D eigenvalue weighted by atomic mass is 32.2. The molecule has 2 aliphatic rings. The molecular formula is C31H30N4O4S. The van der Waals surface area contributed by atoms with Crippen molar-refractivity contribution in [1.82, 2.24) is 15.2 Å². The minimum absolute atomic E-state index is 0.120. The van der Waals surface area contributed by atoms with Gasteiger partial charge < -0.3 is 19.7 Å². The van der Waals surface area contributed by atoms with Crippen LogP contribution < -0.4 is 10.1 Å². The number of pyridine rings is 1. The minimum atomic E-state index is -0.531. The van der Waals surface area contributed by atoms with E-state index >= 15 is 0 Å². The molecule has 1 N–H and O–H groups in total. The zero-order valence-corrected chi connectivity index (χ0v) is 23.2. The molecular weight excluding hydrogens is 524 g/mol. The molecule has 3 heterocycles. The number of esters is 1. The summed E-state index contributed by atoms with van der Waals surface area (Å²) in [5.41, 5.74) is 4.44. The van der Waals surface area contributed by atoms with E-state index in [0.717, 1.165) is 22.5 Å². The molecule has 3 aromatic rings. The Hall–Kier alpha value is -4.37. The van der Waals surface area contributed by atoms with Gasteiger partial charge in [0.05, 0.1) is 42.6 Å². The van der Waals surface area contributed by atoms with E-state index < -0.39 is 12.0 Å². The van der Waals surface area contributed by atoms with Gasteiger partial charge in [-0.3, -0.25) is 9.78 Å². The maximum Gasteiger partial charge on any atom is 0.338 e. The lowest BCUT2D eigenvalue weighted by Gasteiger charge is -2.36. The fourth-order valence-electron chi connectivity index (χ4n) is 4.59. The number of ether oxygens (including phenoxy) is 2. The molecule has 1 atom stereocenters. The summed E-state index contributed by atoms with van der Waals surface area (Å²) in [5.74, 6) is 0.0948. The van der Waals surface area contributed by atoms with Gasteiger partial charge in [-0.25, -0.2) is 9.79 Å². The van der Waals surface area contributed by atoms with Crippen LogP contribution in [0.1, 0.15) is 43.1 Å². The van der Waals surface area contributed by atoms with Crippen molar-refractivity contribution in [2.45, 2.75) is 39.5 Å². The fraction of sp³-hybridized carbons (Fsp3) is 0.226. The van der Waals surface area contributed by atoms with Crippen LogP contribution in [0.2, 0.25) is 0 Å². The SMILES string of the molecule is CCOC(=O)C1=C(C)N=C2SC=C(CC(=O)NCc3ccccn3)N2C1c1cccc(OCc2ccccc2)c1. The second-order valence-electron chi connectivity index (χ2n) is 9.23. The molecule has 0 spiro atoms. The Bertz CT molecular complexity index is 1470. The highest BCUT2D eigenvalue weighted by Gasteiger charge is 2.41. The number of carbonyl (C=O) groups is 2. The van der Waals surface area contributed by atoms with E-state index in [1.54, 1.807) is 13.1 Å². The van der Waals surface area contributed by atoms with E-state index in [4.69, 9.17) is 14.5 Å². The number of benzene rings is 2. The third-order valence-electron chi connectivity index (χ3n) is 6.45. The monoisotopic (exact) mass is 554 g/mol. The Morgan fingerprint density at radius 3 is 2.65 bits per heavy atom. The van der Waals surface area contributed by atoms with E-state index in [-0.39, 0.29) is 18.9 Å². The summed E-state index contributed by atoms with van der Waals surface area (Å²) in [5, 5.41) is 5.57. The van der Waals surface area contributed by atoms with Gasteiger partial charge in [-0.1, -0.05) is 60.3 Å². The van der Waals surface area contributed by atoms with Crippen LogP contribution in [0.4, 0.5) is 0 Å². The average Bonchev–Trinajstić information content (AvgIpc) is 3.37. The van der Waals surface area contributed by atoms with Crippen LogP contribution in [0, 0.1) is 0 Å². The number of allylic oxidation sites excluding steroid dienone is 1. The number of hydrogen-bond donors (Lipinski definition) is 1. The van der Waals surface area contributed by atoms with Crippen molar-refractivity contribution in [2.24, 2.45) is 4.99 Å². The van der Waals surface area contributed by atoms with Crippen molar-refractivity contribution >= 4 is 28.8 Å². The summed E-state index contributed by atoms with van der Waals surface area (Å²) < 4.78 is 11.6. The second kappa shape index (κ2) is 12.7. The molecule has 0 saturated heterocycles. The summed E-state index contributed by atoms with van der Waals surface area (Å²) in [7, 11) is 0. The van der Waals surface area contributed by atoms with Crippen molar-refractivity contribution < 1.29 is 19.1 Å². The number of aliphatic imine (C=N–C) groups is 1. The van der Waals surface area contributed by atoms with E-state index in [0.29, 0.717) is 35.3 Å². The standard InChI is InChI=1S/C31H30N4O4S/c1-3-38-30(37)28-21(2)34-31-35(25(20-40-31)17-27(36)33-18-24-13-7-8-15-32-24)29(28)23-12-9-14-26(16-23)39-19-22-10-5-4-6-11-22/h4-16,20,29H,3,17-19H2,1-2H3,(H,33,36). The topological polar surface area (TPSA) is 93.1 Å². The van der Waals surface area contributed by atoms with Gasteiger partial charge in [0.2, 0.25) is 5.91 Å². The van der Waals surface area contributed by atoms with Crippen molar-refractivity contribution in [3.8, 4) is 5.75 Å². The maximum atomic E-state index is 13.2. The quantitative estimate of drug-likeness (QED) is 0.331. The van der Waals surface area contributed by atoms with Gasteiger partial charge in [-0.05, 0) is 54.6 Å². The smallest absolute Gasteiger partial charge is 0.338 e. The van der Waals surface area contributed by atoms with E-state index in [9.17, 15) is 9.59 Å². The van der Waals surface area contributed by atoms with Crippen LogP contribution in [-0.2, 0) is 27.5 Å². The molecule has 0 radical (unpaired) electrons. The normalized spacial score (nSPS) is 16.1. The molecule has 2 aromatic carbocycles. The second-order valence-corrected chi connectivity index (χ2v) is 10.1. The Labute approximate surface area is 237 Å². The molecule has 9 heteroatoms. The van der Waals surface area contributed by atoms with E-state index in [1.807, 2.05) is 90.0 Å². The Morgan fingerprint density at radius 1 is 1.05 bits per heavy atom. The number of hydrogen-bond acceptors (Lipinski definition) is 8. The van der Waals surface area contributed by atoms with Gasteiger partial charge in [0.1, 0.15) is 12.4 Å². The van der Waals surface area contributed by atoms with Crippen molar-refractivity contribution in [2.75, 3.05) is 6.61 Å². The predicted octanol–water partition coefficient (Wildman–Crippen LogP) is 5.51. The number of amidine groups is 1. The van der Waals surface area contributed by atoms with Crippen LogP contribution in [0.15, 0.2) is 106 Å². The summed E-state index contributed by atoms with van der Waals surface area (Å²) in [6.07, 6.45) is 1.82. The average molecular weight is 555 g/mol. The van der Waals surface area contributed by atoms with Crippen molar-refractivity contribution in [1.29, 1.82) is 0 Å². The number of nitrogens with zero attached hydrogens (tertiary/aromatic N) is 3. The lowest BCUT2D eigenvalue weighted by molar-refractivity contribution is -0.139. The predicted molar refractivity (Wildman–Crippen MR) is 155 cm³/mol. The molecule has 204 valence electrons. The highest BCUT2D eigenvalue weighted by Crippen LogP contribution is 2.45. The minimum Gasteiger partial charge on any atom is -0.489 e. The number of nitrogens with one attached hydrogen (secondary N) is 1. The lowest BCUT2D eigenvalue weighted by atomic mass is 9.93. The van der Waals surface area contributed by atoms with Crippen LogP contribution in [0.5, 0.6) is 5.75 Å². The first-order chi connectivity index (χ1) is 19.5. The van der Waals surface area contributed by atoms with Crippen molar-refractivity contribution in [3.05, 3.63) is 118 Å². The number of aromatic nitrogens is 1. The van der Waals surface area contributed by atoms with Crippen LogP contribution in [-0.4, -0.2) is 33.5 Å². The van der Waals surface area contributed by atoms with Crippen LogP contribution in [0.3, 0.4) is 0 Å². The van der Waals surface area contributed by atoms with Crippen LogP contribution in [0.25, 0.3) is 0 Å². The third-order valence-corrected chi connectivity index (χ3v) is 7.34. The Balaban J connectivity index is 1.41. The molecule has 5 rings (SSSR count). The molecule has 8 nitrogen and oxygen atoms in total. The summed E-state index contributed by atoms with van der Waals surface area (Å²) in [4.78, 5) is 37.1. The zero-order chi connectivity index (χ0) is 27.9. The van der Waals surface area contributed by atoms with Gasteiger partial charge in [-0.2, -0.15) is 0 Å². The largest absolute Gasteiger partial charge is 0.489 e. The molecule has 40 heavy (non-hydrogen) atoms. The number of amides is 1. The third kappa shape index (κ3) is 6.26. The first kappa shape index (κ1) is 27.2. The first-order valence-electron chi connectivity index (χ1n) is 13.1. The molecule has 1 unspecified atom stereocenters. The molecule has 0 aliphatic carbocycles. The van der Waals surface area contributed by atoms with Crippen molar-refractivity contribution in [3.63, 3.8) is 0 Å². The number of carbonyl (C=O) groups excluding carboxylic acids is 2. The van der Waals surface area contributed by atoms with E-state index in [2.05, 4.69) is 10.3 Å². The fourth-order valence-corrected chi connectivity index (χ4v) is 5.55. The molecule has 0 bridgehead atoms. The maximum absolute atomic E-state index is 13.2. The number of fused-ring (bicyclic) bond motifs is 1. The first-order valence-corrected chi connectivity index (χ1v) is 14.0. The Morgan fingerprint density at radius 2 is 1.88 bits per heavy atom. The number of rotatable bonds is 10. The van der Waals surface area contributed by atoms with E-state index in [1.165, 1.54) is 11.8 Å². The summed E-state index contributed by atoms with van der Waals surface area (Å²) >= 11 is 1.44. The number of thioether (sulfide) groups is 1. The molecule has 2 aliphatic heterocycles. The Kier molecular flexibility index (Phi) is 8.61. The molecule has 0 saturated carbocycles. The van der Waals surface area contributed by atoms with Gasteiger partial charge >= 0.3 is 5.97 Å². The van der Waals surface area contributed by atoms with Gasteiger partial charge in [-0.15, -0.1) is 0 Å². The highest BCUT2D eigenvalue weighted by molar-refractivity contribution is 8.16. The summed E-state index contributed by atoms with van der Waals surface area (Å²) in [6.45, 7) is 4.59. The lowest BCUT2D eigenvalue weighted by Crippen LogP contribution is -2.38. The van der Waals surface area contributed by atoms with Gasteiger partial charge in [0.15, 0.2) is 5.17 Å². The molecule has 0 fully saturated rings.